The number of phenols is 1. The Labute approximate surface area is 159 Å². The molecule has 0 bridgehead atoms. The summed E-state index contributed by atoms with van der Waals surface area (Å²) in [7, 11) is 0. The van der Waals surface area contributed by atoms with Crippen LogP contribution in [0.4, 0.5) is 0 Å². The normalized spacial score (nSPS) is 27.8. The van der Waals surface area contributed by atoms with Crippen molar-refractivity contribution in [3.8, 4) is 5.75 Å². The van der Waals surface area contributed by atoms with Crippen LogP contribution >= 0.6 is 0 Å². The van der Waals surface area contributed by atoms with Crippen molar-refractivity contribution in [2.75, 3.05) is 6.54 Å². The Bertz CT molecular complexity index is 852. The molecule has 4 rings (SSSR count). The topological polar surface area (TPSA) is 69.6 Å². The number of hydrogen-bond donors (Lipinski definition) is 2. The number of phenolic OH excluding ortho intramolecular Hbond substituents is 1. The molecule has 0 spiro atoms. The molecule has 2 aromatic carbocycles. The van der Waals surface area contributed by atoms with Crippen molar-refractivity contribution in [2.45, 2.75) is 37.8 Å². The van der Waals surface area contributed by atoms with Crippen LogP contribution in [0.3, 0.4) is 0 Å². The van der Waals surface area contributed by atoms with E-state index >= 15 is 0 Å². The summed E-state index contributed by atoms with van der Waals surface area (Å²) in [5, 5.41) is 12.7. The SMILES string of the molecule is C[C@H]1CN2C(=O)[C@@H](Cc3ccccc3)NC(=O)[C@H]2C[C@H]1c1cccc(O)c1. The molecule has 2 aromatic rings. The van der Waals surface area contributed by atoms with Gasteiger partial charge in [-0.2, -0.15) is 0 Å². The molecule has 4 atom stereocenters. The van der Waals surface area contributed by atoms with Gasteiger partial charge in [0.25, 0.3) is 0 Å². The van der Waals surface area contributed by atoms with Crippen molar-refractivity contribution in [3.05, 3.63) is 65.7 Å². The monoisotopic (exact) mass is 364 g/mol. The summed E-state index contributed by atoms with van der Waals surface area (Å²) in [6, 6.07) is 16.1. The summed E-state index contributed by atoms with van der Waals surface area (Å²) < 4.78 is 0. The minimum atomic E-state index is -0.499. The highest BCUT2D eigenvalue weighted by atomic mass is 16.3. The molecule has 2 amide bonds. The van der Waals surface area contributed by atoms with Crippen LogP contribution in [0.5, 0.6) is 5.75 Å². The van der Waals surface area contributed by atoms with Crippen molar-refractivity contribution >= 4 is 11.8 Å². The average Bonchev–Trinajstić information content (AvgIpc) is 2.66. The summed E-state index contributed by atoms with van der Waals surface area (Å²) in [6.07, 6.45) is 1.10. The third kappa shape index (κ3) is 3.42. The van der Waals surface area contributed by atoms with E-state index in [4.69, 9.17) is 0 Å². The fraction of sp³-hybridized carbons (Fsp3) is 0.364. The first-order chi connectivity index (χ1) is 13.0. The van der Waals surface area contributed by atoms with E-state index in [1.165, 1.54) is 0 Å². The van der Waals surface area contributed by atoms with Crippen molar-refractivity contribution in [2.24, 2.45) is 5.92 Å². The van der Waals surface area contributed by atoms with Gasteiger partial charge in [0.05, 0.1) is 0 Å². The minimum absolute atomic E-state index is 0.00432. The molecule has 2 N–H and O–H groups in total. The minimum Gasteiger partial charge on any atom is -0.508 e. The summed E-state index contributed by atoms with van der Waals surface area (Å²) in [5.41, 5.74) is 2.06. The molecule has 2 saturated heterocycles. The molecule has 2 aliphatic heterocycles. The average molecular weight is 364 g/mol. The summed E-state index contributed by atoms with van der Waals surface area (Å²) >= 11 is 0. The number of piperidine rings is 1. The molecule has 0 aliphatic carbocycles. The Morgan fingerprint density at radius 2 is 1.89 bits per heavy atom. The lowest BCUT2D eigenvalue weighted by atomic mass is 9.77. The van der Waals surface area contributed by atoms with Crippen LogP contribution < -0.4 is 5.32 Å². The van der Waals surface area contributed by atoms with Crippen LogP contribution in [0, 0.1) is 5.92 Å². The predicted molar refractivity (Wildman–Crippen MR) is 102 cm³/mol. The Morgan fingerprint density at radius 3 is 2.63 bits per heavy atom. The van der Waals surface area contributed by atoms with Gasteiger partial charge in [-0.05, 0) is 41.5 Å². The first-order valence-corrected chi connectivity index (χ1v) is 9.46. The van der Waals surface area contributed by atoms with Gasteiger partial charge in [-0.15, -0.1) is 0 Å². The molecule has 0 aromatic heterocycles. The largest absolute Gasteiger partial charge is 0.508 e. The van der Waals surface area contributed by atoms with Gasteiger partial charge < -0.3 is 15.3 Å². The number of carbonyl (C=O) groups is 2. The van der Waals surface area contributed by atoms with E-state index in [9.17, 15) is 14.7 Å². The van der Waals surface area contributed by atoms with Gasteiger partial charge in [-0.25, -0.2) is 0 Å². The second-order valence-electron chi connectivity index (χ2n) is 7.67. The zero-order valence-corrected chi connectivity index (χ0v) is 15.3. The first kappa shape index (κ1) is 17.6. The Balaban J connectivity index is 1.53. The molecule has 5 heteroatoms. The van der Waals surface area contributed by atoms with E-state index < -0.39 is 12.1 Å². The van der Waals surface area contributed by atoms with E-state index in [1.54, 1.807) is 17.0 Å². The Morgan fingerprint density at radius 1 is 1.11 bits per heavy atom. The lowest BCUT2D eigenvalue weighted by Gasteiger charge is -2.46. The molecule has 27 heavy (non-hydrogen) atoms. The number of nitrogens with one attached hydrogen (secondary N) is 1. The number of piperazine rings is 1. The van der Waals surface area contributed by atoms with Gasteiger partial charge >= 0.3 is 0 Å². The molecule has 0 saturated carbocycles. The molecule has 5 nitrogen and oxygen atoms in total. The summed E-state index contributed by atoms with van der Waals surface area (Å²) in [5.74, 6) is 0.518. The Kier molecular flexibility index (Phi) is 4.60. The van der Waals surface area contributed by atoms with E-state index in [-0.39, 0.29) is 29.4 Å². The maximum atomic E-state index is 13.0. The predicted octanol–water partition coefficient (Wildman–Crippen LogP) is 2.45. The lowest BCUT2D eigenvalue weighted by Crippen LogP contribution is -2.66. The smallest absolute Gasteiger partial charge is 0.246 e. The summed E-state index contributed by atoms with van der Waals surface area (Å²) in [6.45, 7) is 2.67. The number of amides is 2. The number of hydrogen-bond acceptors (Lipinski definition) is 3. The van der Waals surface area contributed by atoms with E-state index in [1.807, 2.05) is 42.5 Å². The third-order valence-corrected chi connectivity index (χ3v) is 5.81. The van der Waals surface area contributed by atoms with E-state index in [0.717, 1.165) is 11.1 Å². The second kappa shape index (κ2) is 7.06. The van der Waals surface area contributed by atoms with Crippen molar-refractivity contribution in [1.82, 2.24) is 10.2 Å². The number of fused-ring (bicyclic) bond motifs is 1. The van der Waals surface area contributed by atoms with Crippen LogP contribution in [-0.4, -0.2) is 40.4 Å². The highest BCUT2D eigenvalue weighted by molar-refractivity contribution is 5.97. The number of rotatable bonds is 3. The van der Waals surface area contributed by atoms with Gasteiger partial charge in [-0.1, -0.05) is 49.4 Å². The van der Waals surface area contributed by atoms with Crippen LogP contribution in [0.15, 0.2) is 54.6 Å². The molecular weight excluding hydrogens is 340 g/mol. The third-order valence-electron chi connectivity index (χ3n) is 5.81. The molecule has 0 radical (unpaired) electrons. The quantitative estimate of drug-likeness (QED) is 0.879. The summed E-state index contributed by atoms with van der Waals surface area (Å²) in [4.78, 5) is 27.6. The van der Waals surface area contributed by atoms with Gasteiger partial charge in [0.15, 0.2) is 0 Å². The van der Waals surface area contributed by atoms with Gasteiger partial charge in [0.2, 0.25) is 11.8 Å². The highest BCUT2D eigenvalue weighted by Gasteiger charge is 2.46. The number of carbonyl (C=O) groups excluding carboxylic acids is 2. The molecule has 2 heterocycles. The molecule has 2 aliphatic rings. The van der Waals surface area contributed by atoms with Crippen LogP contribution in [0.25, 0.3) is 0 Å². The zero-order chi connectivity index (χ0) is 19.0. The fourth-order valence-corrected chi connectivity index (χ4v) is 4.39. The van der Waals surface area contributed by atoms with Crippen molar-refractivity contribution in [1.29, 1.82) is 0 Å². The highest BCUT2D eigenvalue weighted by Crippen LogP contribution is 2.38. The maximum Gasteiger partial charge on any atom is 0.246 e. The number of nitrogens with zero attached hydrogens (tertiary/aromatic N) is 1. The number of benzene rings is 2. The molecule has 140 valence electrons. The Hall–Kier alpha value is -2.82. The van der Waals surface area contributed by atoms with Gasteiger partial charge in [-0.3, -0.25) is 9.59 Å². The van der Waals surface area contributed by atoms with Crippen molar-refractivity contribution < 1.29 is 14.7 Å². The maximum absolute atomic E-state index is 13.0. The van der Waals surface area contributed by atoms with Crippen LogP contribution in [-0.2, 0) is 16.0 Å². The number of aromatic hydroxyl groups is 1. The van der Waals surface area contributed by atoms with E-state index in [0.29, 0.717) is 19.4 Å². The zero-order valence-electron chi connectivity index (χ0n) is 15.3. The lowest BCUT2D eigenvalue weighted by molar-refractivity contribution is -0.152. The standard InChI is InChI=1S/C22H24N2O3/c1-14-13-24-20(12-18(14)16-8-5-9-17(25)11-16)21(26)23-19(22(24)27)10-15-6-3-2-4-7-15/h2-9,11,14,18-20,25H,10,12-13H2,1H3,(H,23,26)/t14-,18+,19+,20+/m0/s1. The van der Waals surface area contributed by atoms with Gasteiger partial charge in [0, 0.05) is 13.0 Å². The fourth-order valence-electron chi connectivity index (χ4n) is 4.39. The van der Waals surface area contributed by atoms with Crippen LogP contribution in [0.2, 0.25) is 0 Å². The first-order valence-electron chi connectivity index (χ1n) is 9.46. The molecule has 0 unspecified atom stereocenters. The van der Waals surface area contributed by atoms with Gasteiger partial charge in [0.1, 0.15) is 17.8 Å². The van der Waals surface area contributed by atoms with Crippen molar-refractivity contribution in [3.63, 3.8) is 0 Å². The van der Waals surface area contributed by atoms with E-state index in [2.05, 4.69) is 12.2 Å². The second-order valence-corrected chi connectivity index (χ2v) is 7.67. The molecule has 2 fully saturated rings. The van der Waals surface area contributed by atoms with Crippen LogP contribution in [0.1, 0.15) is 30.4 Å². The molecular formula is C22H24N2O3.